The fourth-order valence-corrected chi connectivity index (χ4v) is 4.41. The third kappa shape index (κ3) is 15.7. The summed E-state index contributed by atoms with van der Waals surface area (Å²) < 4.78 is 5.77. The highest BCUT2D eigenvalue weighted by molar-refractivity contribution is 7.99. The summed E-state index contributed by atoms with van der Waals surface area (Å²) in [5, 5.41) is 12.5. The van der Waals surface area contributed by atoms with Gasteiger partial charge in [0, 0.05) is 12.8 Å². The summed E-state index contributed by atoms with van der Waals surface area (Å²) in [6.07, 6.45) is 13.0. The van der Waals surface area contributed by atoms with E-state index >= 15 is 0 Å². The number of ether oxygens (including phenoxy) is 1. The summed E-state index contributed by atoms with van der Waals surface area (Å²) in [5.74, 6) is 1.09. The van der Waals surface area contributed by atoms with Gasteiger partial charge < -0.3 is 15.2 Å². The average Bonchev–Trinajstić information content (AvgIpc) is 2.78. The number of rotatable bonds is 20. The molecule has 0 heterocycles. The van der Waals surface area contributed by atoms with Crippen molar-refractivity contribution in [3.05, 3.63) is 23.8 Å². The molecule has 0 atom stereocenters. The maximum atomic E-state index is 12.4. The Kier molecular flexibility index (Phi) is 16.6. The molecule has 0 saturated heterocycles. The Balaban J connectivity index is 2.19. The van der Waals surface area contributed by atoms with Gasteiger partial charge in [-0.2, -0.15) is 11.8 Å². The molecule has 2 N–H and O–H groups in total. The van der Waals surface area contributed by atoms with E-state index in [1.165, 1.54) is 50.7 Å². The second-order valence-corrected chi connectivity index (χ2v) is 10.6. The number of anilines is 1. The molecule has 0 aromatic heterocycles. The Hall–Kier alpha value is -1.69. The number of nitrogens with one attached hydrogen (secondary N) is 1. The number of amides is 1. The number of aliphatic carboxylic acids is 1. The number of hydrogen-bond donors (Lipinski definition) is 2. The lowest BCUT2D eigenvalue weighted by Crippen LogP contribution is -2.13. The molecule has 1 rings (SSSR count). The van der Waals surface area contributed by atoms with E-state index in [0.717, 1.165) is 30.1 Å². The first kappa shape index (κ1) is 29.3. The number of carboxylic acids is 1. The number of aryl methyl sites for hydroxylation is 1. The fourth-order valence-electron chi connectivity index (χ4n) is 3.57. The number of thioether (sulfide) groups is 1. The number of carboxylic acid groups (broad SMARTS) is 1. The minimum Gasteiger partial charge on any atom is -0.491 e. The second-order valence-electron chi connectivity index (χ2n) is 8.93. The topological polar surface area (TPSA) is 75.6 Å². The van der Waals surface area contributed by atoms with Crippen LogP contribution < -0.4 is 10.1 Å². The molecule has 0 saturated carbocycles. The molecule has 188 valence electrons. The number of hydrogen-bond acceptors (Lipinski definition) is 4. The number of carbonyl (C=O) groups is 2. The Bertz CT molecular complexity index is 678. The van der Waals surface area contributed by atoms with E-state index in [9.17, 15) is 9.59 Å². The molecule has 0 bridgehead atoms. The number of carbonyl (C=O) groups excluding carboxylic acids is 1. The number of unbranched alkanes of at least 4 members (excludes halogenated alkanes) is 8. The van der Waals surface area contributed by atoms with Crippen molar-refractivity contribution < 1.29 is 19.4 Å². The molecule has 33 heavy (non-hydrogen) atoms. The highest BCUT2D eigenvalue weighted by Crippen LogP contribution is 2.27. The summed E-state index contributed by atoms with van der Waals surface area (Å²) in [6.45, 7) is 6.91. The summed E-state index contributed by atoms with van der Waals surface area (Å²) >= 11 is 2.06. The first-order chi connectivity index (χ1) is 15.9. The van der Waals surface area contributed by atoms with Crippen LogP contribution in [-0.2, 0) is 16.0 Å². The van der Waals surface area contributed by atoms with Gasteiger partial charge in [-0.1, -0.05) is 71.8 Å². The first-order valence-electron chi connectivity index (χ1n) is 12.8. The van der Waals surface area contributed by atoms with Crippen LogP contribution in [0.15, 0.2) is 18.2 Å². The molecule has 5 nitrogen and oxygen atoms in total. The molecule has 0 aliphatic rings. The van der Waals surface area contributed by atoms with Gasteiger partial charge in [-0.15, -0.1) is 0 Å². The van der Waals surface area contributed by atoms with Crippen molar-refractivity contribution >= 4 is 29.3 Å². The van der Waals surface area contributed by atoms with Crippen LogP contribution in [0.3, 0.4) is 0 Å². The van der Waals surface area contributed by atoms with Crippen molar-refractivity contribution in [2.45, 2.75) is 109 Å². The van der Waals surface area contributed by atoms with Gasteiger partial charge in [-0.3, -0.25) is 9.59 Å². The zero-order valence-electron chi connectivity index (χ0n) is 21.0. The predicted molar refractivity (Wildman–Crippen MR) is 141 cm³/mol. The minimum atomic E-state index is -0.828. The SMILES string of the molecule is CCc1ccc(NC(=O)CCCCCCCCCCCSC(C)C)c(OCCCC(=O)O)c1. The molecule has 1 aromatic rings. The zero-order valence-corrected chi connectivity index (χ0v) is 21.8. The monoisotopic (exact) mass is 479 g/mol. The van der Waals surface area contributed by atoms with Crippen molar-refractivity contribution in [2.24, 2.45) is 0 Å². The summed E-state index contributed by atoms with van der Waals surface area (Å²) in [6, 6.07) is 5.80. The van der Waals surface area contributed by atoms with Gasteiger partial charge >= 0.3 is 5.97 Å². The molecule has 0 aliphatic carbocycles. The molecular weight excluding hydrogens is 434 g/mol. The van der Waals surface area contributed by atoms with Gasteiger partial charge in [0.25, 0.3) is 0 Å². The smallest absolute Gasteiger partial charge is 0.303 e. The third-order valence-electron chi connectivity index (χ3n) is 5.52. The summed E-state index contributed by atoms with van der Waals surface area (Å²) in [5.41, 5.74) is 1.79. The molecule has 1 amide bonds. The van der Waals surface area contributed by atoms with Crippen LogP contribution in [0, 0.1) is 0 Å². The highest BCUT2D eigenvalue weighted by Gasteiger charge is 2.10. The van der Waals surface area contributed by atoms with Gasteiger partial charge in [0.05, 0.1) is 12.3 Å². The van der Waals surface area contributed by atoms with Gasteiger partial charge in [-0.25, -0.2) is 0 Å². The normalized spacial score (nSPS) is 11.0. The quantitative estimate of drug-likeness (QED) is 0.190. The minimum absolute atomic E-state index is 0.00824. The van der Waals surface area contributed by atoms with Crippen molar-refractivity contribution in [3.8, 4) is 5.75 Å². The second kappa shape index (κ2) is 18.7. The Morgan fingerprint density at radius 3 is 2.18 bits per heavy atom. The van der Waals surface area contributed by atoms with E-state index in [2.05, 4.69) is 37.8 Å². The van der Waals surface area contributed by atoms with E-state index in [0.29, 0.717) is 30.9 Å². The van der Waals surface area contributed by atoms with Crippen LogP contribution in [-0.4, -0.2) is 34.6 Å². The Morgan fingerprint density at radius 1 is 0.939 bits per heavy atom. The fraction of sp³-hybridized carbons (Fsp3) is 0.704. The molecule has 0 fully saturated rings. The molecule has 0 spiro atoms. The Morgan fingerprint density at radius 2 is 1.58 bits per heavy atom. The van der Waals surface area contributed by atoms with E-state index in [1.807, 2.05) is 18.2 Å². The molecular formula is C27H45NO4S. The maximum absolute atomic E-state index is 12.4. The van der Waals surface area contributed by atoms with Crippen LogP contribution in [0.1, 0.15) is 103 Å². The summed E-state index contributed by atoms with van der Waals surface area (Å²) in [4.78, 5) is 23.1. The lowest BCUT2D eigenvalue weighted by Gasteiger charge is -2.14. The van der Waals surface area contributed by atoms with Crippen LogP contribution in [0.4, 0.5) is 5.69 Å². The average molecular weight is 480 g/mol. The van der Waals surface area contributed by atoms with Gasteiger partial charge in [0.2, 0.25) is 5.91 Å². The van der Waals surface area contributed by atoms with E-state index in [4.69, 9.17) is 9.84 Å². The van der Waals surface area contributed by atoms with Gasteiger partial charge in [0.15, 0.2) is 0 Å². The largest absolute Gasteiger partial charge is 0.491 e. The van der Waals surface area contributed by atoms with Crippen LogP contribution in [0.2, 0.25) is 0 Å². The third-order valence-corrected chi connectivity index (χ3v) is 6.71. The highest BCUT2D eigenvalue weighted by atomic mass is 32.2. The molecule has 6 heteroatoms. The lowest BCUT2D eigenvalue weighted by molar-refractivity contribution is -0.137. The van der Waals surface area contributed by atoms with Gasteiger partial charge in [0.1, 0.15) is 5.75 Å². The van der Waals surface area contributed by atoms with Crippen molar-refractivity contribution in [3.63, 3.8) is 0 Å². The number of benzene rings is 1. The summed E-state index contributed by atoms with van der Waals surface area (Å²) in [7, 11) is 0. The van der Waals surface area contributed by atoms with E-state index in [-0.39, 0.29) is 12.3 Å². The van der Waals surface area contributed by atoms with Gasteiger partial charge in [-0.05, 0) is 54.4 Å². The lowest BCUT2D eigenvalue weighted by atomic mass is 10.1. The zero-order chi connectivity index (χ0) is 24.3. The van der Waals surface area contributed by atoms with Crippen molar-refractivity contribution in [2.75, 3.05) is 17.7 Å². The predicted octanol–water partition coefficient (Wildman–Crippen LogP) is 7.47. The van der Waals surface area contributed by atoms with E-state index in [1.54, 1.807) is 0 Å². The molecule has 0 aliphatic heterocycles. The van der Waals surface area contributed by atoms with Crippen LogP contribution in [0.5, 0.6) is 5.75 Å². The first-order valence-corrected chi connectivity index (χ1v) is 13.9. The van der Waals surface area contributed by atoms with Crippen molar-refractivity contribution in [1.82, 2.24) is 0 Å². The molecule has 0 unspecified atom stereocenters. The molecule has 1 aromatic carbocycles. The molecule has 0 radical (unpaired) electrons. The maximum Gasteiger partial charge on any atom is 0.303 e. The van der Waals surface area contributed by atoms with Crippen molar-refractivity contribution in [1.29, 1.82) is 0 Å². The van der Waals surface area contributed by atoms with Crippen LogP contribution >= 0.6 is 11.8 Å². The standard InChI is InChI=1S/C27H45NO4S/c1-4-23-17-18-24(25(21-23)32-19-14-16-27(30)31)28-26(29)15-12-10-8-6-5-7-9-11-13-20-33-22(2)3/h17-18,21-22H,4-16,19-20H2,1-3H3,(H,28,29)(H,30,31). The Labute approximate surface area is 205 Å². The van der Waals surface area contributed by atoms with E-state index < -0.39 is 5.97 Å². The van der Waals surface area contributed by atoms with Crippen LogP contribution in [0.25, 0.3) is 0 Å².